The minimum absolute atomic E-state index is 0.115. The van der Waals surface area contributed by atoms with Crippen molar-refractivity contribution in [2.75, 3.05) is 11.9 Å². The number of pyridine rings is 1. The second kappa shape index (κ2) is 6.87. The second-order valence-electron chi connectivity index (χ2n) is 7.66. The van der Waals surface area contributed by atoms with Crippen LogP contribution >= 0.6 is 0 Å². The molecule has 1 N–H and O–H groups in total. The van der Waals surface area contributed by atoms with Crippen LogP contribution < -0.4 is 5.32 Å². The maximum absolute atomic E-state index is 11.7. The van der Waals surface area contributed by atoms with Crippen LogP contribution in [0.1, 0.15) is 28.8 Å². The lowest BCUT2D eigenvalue weighted by atomic mass is 10.0. The van der Waals surface area contributed by atoms with E-state index in [9.17, 15) is 4.79 Å². The van der Waals surface area contributed by atoms with E-state index in [1.807, 2.05) is 12.3 Å². The molecule has 6 nitrogen and oxygen atoms in total. The van der Waals surface area contributed by atoms with E-state index in [0.29, 0.717) is 6.42 Å². The van der Waals surface area contributed by atoms with Crippen molar-refractivity contribution in [3.63, 3.8) is 0 Å². The van der Waals surface area contributed by atoms with Gasteiger partial charge in [0.25, 0.3) is 0 Å². The summed E-state index contributed by atoms with van der Waals surface area (Å²) in [5, 5.41) is 7.77. The summed E-state index contributed by atoms with van der Waals surface area (Å²) in [4.78, 5) is 18.6. The molecule has 0 saturated heterocycles. The molecule has 142 valence electrons. The largest absolute Gasteiger partial charge is 0.326 e. The van der Waals surface area contributed by atoms with Gasteiger partial charge in [0, 0.05) is 37.9 Å². The molecule has 0 saturated carbocycles. The number of rotatable bonds is 3. The summed E-state index contributed by atoms with van der Waals surface area (Å²) in [5.41, 5.74) is 7.71. The highest BCUT2D eigenvalue weighted by atomic mass is 16.1. The van der Waals surface area contributed by atoms with Crippen molar-refractivity contribution in [1.82, 2.24) is 19.7 Å². The van der Waals surface area contributed by atoms with Crippen molar-refractivity contribution < 1.29 is 4.79 Å². The third kappa shape index (κ3) is 3.20. The first-order valence-corrected chi connectivity index (χ1v) is 9.78. The highest BCUT2D eigenvalue weighted by Crippen LogP contribution is 2.26. The molecular weight excluding hydrogens is 350 g/mol. The molecule has 0 spiro atoms. The number of amides is 1. The number of hydrogen-bond acceptors (Lipinski definition) is 4. The highest BCUT2D eigenvalue weighted by molar-refractivity contribution is 5.93. The summed E-state index contributed by atoms with van der Waals surface area (Å²) in [6.45, 7) is 5.64. The molecule has 2 aromatic heterocycles. The Bertz CT molecular complexity index is 1050. The third-order valence-corrected chi connectivity index (χ3v) is 5.60. The molecule has 6 heteroatoms. The van der Waals surface area contributed by atoms with E-state index in [-0.39, 0.29) is 5.91 Å². The molecule has 0 aliphatic carbocycles. The summed E-state index contributed by atoms with van der Waals surface area (Å²) in [6, 6.07) is 12.7. The second-order valence-corrected chi connectivity index (χ2v) is 7.66. The first kappa shape index (κ1) is 17.1. The van der Waals surface area contributed by atoms with Gasteiger partial charge in [-0.05, 0) is 48.2 Å². The number of fused-ring (bicyclic) bond motifs is 2. The Balaban J connectivity index is 1.33. The van der Waals surface area contributed by atoms with Gasteiger partial charge in [-0.3, -0.25) is 19.4 Å². The summed E-state index contributed by atoms with van der Waals surface area (Å²) in [6.07, 6.45) is 3.24. The van der Waals surface area contributed by atoms with Crippen LogP contribution in [-0.2, 0) is 30.8 Å². The molecular formula is C22H23N5O. The van der Waals surface area contributed by atoms with Crippen LogP contribution in [0.5, 0.6) is 0 Å². The molecule has 28 heavy (non-hydrogen) atoms. The summed E-state index contributed by atoms with van der Waals surface area (Å²) >= 11 is 0. The molecule has 0 atom stereocenters. The van der Waals surface area contributed by atoms with Crippen LogP contribution in [-0.4, -0.2) is 32.1 Å². The van der Waals surface area contributed by atoms with Crippen LogP contribution in [0.2, 0.25) is 0 Å². The predicted molar refractivity (Wildman–Crippen MR) is 108 cm³/mol. The van der Waals surface area contributed by atoms with Crippen molar-refractivity contribution >= 4 is 11.6 Å². The maximum Gasteiger partial charge on any atom is 0.224 e. The molecule has 1 amide bonds. The quantitative estimate of drug-likeness (QED) is 0.766. The number of aromatic nitrogens is 3. The summed E-state index contributed by atoms with van der Waals surface area (Å²) < 4.78 is 2.10. The lowest BCUT2D eigenvalue weighted by Gasteiger charge is -2.28. The average Bonchev–Trinajstić information content (AvgIpc) is 3.11. The minimum Gasteiger partial charge on any atom is -0.326 e. The summed E-state index contributed by atoms with van der Waals surface area (Å²) in [7, 11) is 0. The normalized spacial score (nSPS) is 16.4. The molecule has 1 aromatic carbocycles. The van der Waals surface area contributed by atoms with E-state index in [1.54, 1.807) is 0 Å². The third-order valence-electron chi connectivity index (χ3n) is 5.60. The molecule has 0 radical (unpaired) electrons. The van der Waals surface area contributed by atoms with Crippen molar-refractivity contribution in [2.24, 2.45) is 0 Å². The molecule has 2 aliphatic heterocycles. The monoisotopic (exact) mass is 373 g/mol. The molecule has 0 unspecified atom stereocenters. The Hall–Kier alpha value is -2.99. The first-order valence-electron chi connectivity index (χ1n) is 9.78. The Kier molecular flexibility index (Phi) is 4.20. The van der Waals surface area contributed by atoms with E-state index in [4.69, 9.17) is 5.10 Å². The highest BCUT2D eigenvalue weighted by Gasteiger charge is 2.21. The average molecular weight is 373 g/mol. The molecule has 2 aliphatic rings. The molecule has 4 heterocycles. The van der Waals surface area contributed by atoms with Gasteiger partial charge >= 0.3 is 0 Å². The van der Waals surface area contributed by atoms with Gasteiger partial charge in [0.15, 0.2) is 0 Å². The molecule has 0 fully saturated rings. The summed E-state index contributed by atoms with van der Waals surface area (Å²) in [5.74, 6) is 0.115. The lowest BCUT2D eigenvalue weighted by molar-refractivity contribution is -0.116. The van der Waals surface area contributed by atoms with Gasteiger partial charge < -0.3 is 5.32 Å². The Morgan fingerprint density at radius 3 is 2.96 bits per heavy atom. The van der Waals surface area contributed by atoms with Crippen LogP contribution in [0.15, 0.2) is 42.6 Å². The number of benzene rings is 1. The lowest BCUT2D eigenvalue weighted by Crippen LogP contribution is -2.33. The van der Waals surface area contributed by atoms with Gasteiger partial charge in [-0.2, -0.15) is 5.10 Å². The van der Waals surface area contributed by atoms with Gasteiger partial charge in [0.1, 0.15) is 5.69 Å². The first-order chi connectivity index (χ1) is 13.7. The van der Waals surface area contributed by atoms with Crippen LogP contribution in [0, 0.1) is 6.92 Å². The van der Waals surface area contributed by atoms with E-state index < -0.39 is 0 Å². The van der Waals surface area contributed by atoms with Gasteiger partial charge in [0.2, 0.25) is 5.91 Å². The van der Waals surface area contributed by atoms with Crippen molar-refractivity contribution in [3.8, 4) is 11.4 Å². The number of carbonyl (C=O) groups is 1. The fourth-order valence-electron chi connectivity index (χ4n) is 4.10. The zero-order chi connectivity index (χ0) is 19.1. The fourth-order valence-corrected chi connectivity index (χ4v) is 4.10. The fraction of sp³-hybridized carbons (Fsp3) is 0.318. The van der Waals surface area contributed by atoms with Crippen LogP contribution in [0.3, 0.4) is 0 Å². The number of carbonyl (C=O) groups excluding carboxylic acids is 1. The minimum atomic E-state index is 0.115. The maximum atomic E-state index is 11.7. The molecule has 5 rings (SSSR count). The number of nitrogens with zero attached hydrogens (tertiary/aromatic N) is 4. The Morgan fingerprint density at radius 2 is 2.07 bits per heavy atom. The van der Waals surface area contributed by atoms with Crippen LogP contribution in [0.4, 0.5) is 5.69 Å². The van der Waals surface area contributed by atoms with Crippen molar-refractivity contribution in [3.05, 3.63) is 65.0 Å². The van der Waals surface area contributed by atoms with E-state index >= 15 is 0 Å². The van der Waals surface area contributed by atoms with Gasteiger partial charge in [-0.1, -0.05) is 18.2 Å². The topological polar surface area (TPSA) is 63.1 Å². The van der Waals surface area contributed by atoms with Crippen LogP contribution in [0.25, 0.3) is 11.4 Å². The zero-order valence-corrected chi connectivity index (χ0v) is 16.0. The zero-order valence-electron chi connectivity index (χ0n) is 16.0. The number of hydrogen-bond donors (Lipinski definition) is 1. The van der Waals surface area contributed by atoms with Gasteiger partial charge in [-0.25, -0.2) is 0 Å². The van der Waals surface area contributed by atoms with E-state index in [2.05, 4.69) is 57.1 Å². The molecule has 3 aromatic rings. The Morgan fingerprint density at radius 1 is 1.14 bits per heavy atom. The van der Waals surface area contributed by atoms with E-state index in [0.717, 1.165) is 55.2 Å². The predicted octanol–water partition coefficient (Wildman–Crippen LogP) is 3.15. The molecule has 0 bridgehead atoms. The van der Waals surface area contributed by atoms with Crippen molar-refractivity contribution in [1.29, 1.82) is 0 Å². The smallest absolute Gasteiger partial charge is 0.224 e. The number of nitrogens with one attached hydrogen (secondary N) is 1. The SMILES string of the molecule is Cc1cccnc1-c1cc2n(n1)CCN(Cc1ccc3c(c1)NC(=O)CC3)C2. The standard InChI is InChI=1S/C22H23N5O/c1-15-3-2-8-23-22(15)20-12-18-14-26(9-10-27(18)25-20)13-16-4-5-17-6-7-21(28)24-19(17)11-16/h2-5,8,11-12H,6-7,9-10,13-14H2,1H3,(H,24,28). The van der Waals surface area contributed by atoms with Gasteiger partial charge in [-0.15, -0.1) is 0 Å². The number of aryl methyl sites for hydroxylation is 2. The number of anilines is 1. The Labute approximate surface area is 164 Å². The van der Waals surface area contributed by atoms with E-state index in [1.165, 1.54) is 16.8 Å². The van der Waals surface area contributed by atoms with Crippen molar-refractivity contribution in [2.45, 2.75) is 39.4 Å². The van der Waals surface area contributed by atoms with Gasteiger partial charge in [0.05, 0.1) is 17.9 Å².